The molecule has 1 N–H and O–H groups in total. The Labute approximate surface area is 121 Å². The monoisotopic (exact) mass is 303 g/mol. The molecule has 1 saturated heterocycles. The molecule has 5 nitrogen and oxygen atoms in total. The lowest BCUT2D eigenvalue weighted by atomic mass is 10.2. The molecule has 1 aliphatic rings. The fourth-order valence-electron chi connectivity index (χ4n) is 2.18. The summed E-state index contributed by atoms with van der Waals surface area (Å²) in [6.45, 7) is 3.73. The standard InChI is InChI=1S/C12H15Cl2N3O2/c13-9-7-11(12(17(18)19)8-10(9)14)15-3-6-16-4-1-2-5-16/h7-8,15H,1-6H2. The second-order valence-electron chi connectivity index (χ2n) is 4.52. The number of benzene rings is 1. The van der Waals surface area contributed by atoms with Crippen molar-refractivity contribution in [3.05, 3.63) is 32.3 Å². The number of hydrogen-bond donors (Lipinski definition) is 1. The van der Waals surface area contributed by atoms with Crippen LogP contribution < -0.4 is 5.32 Å². The highest BCUT2D eigenvalue weighted by atomic mass is 35.5. The summed E-state index contributed by atoms with van der Waals surface area (Å²) in [4.78, 5) is 12.8. The maximum absolute atomic E-state index is 11.0. The third-order valence-electron chi connectivity index (χ3n) is 3.18. The molecular formula is C12H15Cl2N3O2. The van der Waals surface area contributed by atoms with Crippen LogP contribution in [0.2, 0.25) is 10.0 Å². The molecule has 0 spiro atoms. The number of hydrogen-bond acceptors (Lipinski definition) is 4. The van der Waals surface area contributed by atoms with Crippen LogP contribution in [0.3, 0.4) is 0 Å². The van der Waals surface area contributed by atoms with E-state index in [1.165, 1.54) is 25.0 Å². The van der Waals surface area contributed by atoms with Crippen molar-refractivity contribution in [3.8, 4) is 0 Å². The second kappa shape index (κ2) is 6.41. The smallest absolute Gasteiger partial charge is 0.293 e. The first-order valence-electron chi connectivity index (χ1n) is 6.17. The zero-order chi connectivity index (χ0) is 13.8. The first kappa shape index (κ1) is 14.4. The highest BCUT2D eigenvalue weighted by molar-refractivity contribution is 6.42. The topological polar surface area (TPSA) is 58.4 Å². The third-order valence-corrected chi connectivity index (χ3v) is 3.90. The van der Waals surface area contributed by atoms with Gasteiger partial charge in [-0.15, -0.1) is 0 Å². The van der Waals surface area contributed by atoms with Crippen LogP contribution in [0.15, 0.2) is 12.1 Å². The SMILES string of the molecule is O=[N+]([O-])c1cc(Cl)c(Cl)cc1NCCN1CCCC1. The van der Waals surface area contributed by atoms with Gasteiger partial charge in [0, 0.05) is 19.2 Å². The van der Waals surface area contributed by atoms with Crippen LogP contribution in [0.4, 0.5) is 11.4 Å². The van der Waals surface area contributed by atoms with Gasteiger partial charge in [0.2, 0.25) is 0 Å². The summed E-state index contributed by atoms with van der Waals surface area (Å²) in [6.07, 6.45) is 2.46. The van der Waals surface area contributed by atoms with E-state index in [-0.39, 0.29) is 10.7 Å². The van der Waals surface area contributed by atoms with Crippen molar-refractivity contribution in [1.29, 1.82) is 0 Å². The molecule has 7 heteroatoms. The lowest BCUT2D eigenvalue weighted by Crippen LogP contribution is -2.26. The fraction of sp³-hybridized carbons (Fsp3) is 0.500. The molecule has 0 atom stereocenters. The highest BCUT2D eigenvalue weighted by Crippen LogP contribution is 2.33. The predicted molar refractivity (Wildman–Crippen MR) is 77.3 cm³/mol. The van der Waals surface area contributed by atoms with Crippen LogP contribution in [0, 0.1) is 10.1 Å². The Hall–Kier alpha value is -1.04. The molecule has 1 aliphatic heterocycles. The van der Waals surface area contributed by atoms with Gasteiger partial charge < -0.3 is 10.2 Å². The molecule has 104 valence electrons. The summed E-state index contributed by atoms with van der Waals surface area (Å²) in [5.74, 6) is 0. The average Bonchev–Trinajstić information content (AvgIpc) is 2.86. The van der Waals surface area contributed by atoms with Gasteiger partial charge in [-0.2, -0.15) is 0 Å². The normalized spacial score (nSPS) is 15.7. The molecule has 0 aliphatic carbocycles. The van der Waals surface area contributed by atoms with Crippen LogP contribution in [0.1, 0.15) is 12.8 Å². The van der Waals surface area contributed by atoms with E-state index in [1.807, 2.05) is 0 Å². The van der Waals surface area contributed by atoms with E-state index in [0.29, 0.717) is 17.3 Å². The number of nitrogens with one attached hydrogen (secondary N) is 1. The van der Waals surface area contributed by atoms with E-state index in [4.69, 9.17) is 23.2 Å². The molecule has 0 unspecified atom stereocenters. The van der Waals surface area contributed by atoms with Gasteiger partial charge in [-0.1, -0.05) is 23.2 Å². The van der Waals surface area contributed by atoms with Gasteiger partial charge in [0.1, 0.15) is 5.69 Å². The molecular weight excluding hydrogens is 289 g/mol. The van der Waals surface area contributed by atoms with Gasteiger partial charge >= 0.3 is 0 Å². The number of likely N-dealkylation sites (tertiary alicyclic amines) is 1. The first-order chi connectivity index (χ1) is 9.08. The van der Waals surface area contributed by atoms with Gasteiger partial charge in [-0.3, -0.25) is 10.1 Å². The Morgan fingerprint density at radius 2 is 1.89 bits per heavy atom. The minimum atomic E-state index is -0.458. The molecule has 0 aromatic heterocycles. The number of nitrogens with zero attached hydrogens (tertiary/aromatic N) is 2. The Morgan fingerprint density at radius 1 is 1.26 bits per heavy atom. The van der Waals surface area contributed by atoms with Crippen molar-refractivity contribution < 1.29 is 4.92 Å². The van der Waals surface area contributed by atoms with E-state index in [1.54, 1.807) is 0 Å². The number of nitro benzene ring substituents is 1. The number of rotatable bonds is 5. The van der Waals surface area contributed by atoms with Crippen LogP contribution in [0.5, 0.6) is 0 Å². The van der Waals surface area contributed by atoms with Crippen molar-refractivity contribution in [1.82, 2.24) is 4.90 Å². The van der Waals surface area contributed by atoms with E-state index in [2.05, 4.69) is 10.2 Å². The maximum Gasteiger partial charge on any atom is 0.293 e. The summed E-state index contributed by atoms with van der Waals surface area (Å²) in [5, 5.41) is 14.5. The molecule has 19 heavy (non-hydrogen) atoms. The van der Waals surface area contributed by atoms with E-state index in [0.717, 1.165) is 19.6 Å². The summed E-state index contributed by atoms with van der Waals surface area (Å²) >= 11 is 11.7. The Kier molecular flexibility index (Phi) is 4.85. The van der Waals surface area contributed by atoms with Crippen LogP contribution in [-0.4, -0.2) is 36.0 Å². The Morgan fingerprint density at radius 3 is 2.53 bits per heavy atom. The Bertz CT molecular complexity index is 476. The minimum Gasteiger partial charge on any atom is -0.378 e. The van der Waals surface area contributed by atoms with Crippen molar-refractivity contribution in [2.24, 2.45) is 0 Å². The number of anilines is 1. The summed E-state index contributed by atoms with van der Waals surface area (Å²) in [7, 11) is 0. The quantitative estimate of drug-likeness (QED) is 0.669. The molecule has 0 saturated carbocycles. The highest BCUT2D eigenvalue weighted by Gasteiger charge is 2.17. The minimum absolute atomic E-state index is 0.0455. The lowest BCUT2D eigenvalue weighted by Gasteiger charge is -2.15. The van der Waals surface area contributed by atoms with Crippen LogP contribution in [0.25, 0.3) is 0 Å². The van der Waals surface area contributed by atoms with Gasteiger partial charge in [0.05, 0.1) is 15.0 Å². The van der Waals surface area contributed by atoms with Gasteiger partial charge in [0.15, 0.2) is 0 Å². The molecule has 0 radical (unpaired) electrons. The molecule has 0 amide bonds. The first-order valence-corrected chi connectivity index (χ1v) is 6.93. The fourth-order valence-corrected chi connectivity index (χ4v) is 2.51. The summed E-state index contributed by atoms with van der Waals surface area (Å²) in [5.41, 5.74) is 0.370. The molecule has 1 aromatic carbocycles. The zero-order valence-corrected chi connectivity index (χ0v) is 11.9. The van der Waals surface area contributed by atoms with Crippen molar-refractivity contribution in [2.45, 2.75) is 12.8 Å². The van der Waals surface area contributed by atoms with Crippen molar-refractivity contribution >= 4 is 34.6 Å². The van der Waals surface area contributed by atoms with Crippen molar-refractivity contribution in [3.63, 3.8) is 0 Å². The molecule has 1 heterocycles. The number of halogens is 2. The molecule has 1 aromatic rings. The lowest BCUT2D eigenvalue weighted by molar-refractivity contribution is -0.383. The molecule has 1 fully saturated rings. The molecule has 2 rings (SSSR count). The summed E-state index contributed by atoms with van der Waals surface area (Å²) < 4.78 is 0. The van der Waals surface area contributed by atoms with Crippen LogP contribution >= 0.6 is 23.2 Å². The number of nitro groups is 1. The van der Waals surface area contributed by atoms with Gasteiger partial charge in [-0.25, -0.2) is 0 Å². The average molecular weight is 304 g/mol. The zero-order valence-electron chi connectivity index (χ0n) is 10.4. The molecule has 0 bridgehead atoms. The van der Waals surface area contributed by atoms with E-state index >= 15 is 0 Å². The Balaban J connectivity index is 2.01. The van der Waals surface area contributed by atoms with Gasteiger partial charge in [-0.05, 0) is 32.0 Å². The predicted octanol–water partition coefficient (Wildman–Crippen LogP) is 3.41. The largest absolute Gasteiger partial charge is 0.378 e. The van der Waals surface area contributed by atoms with Crippen molar-refractivity contribution in [2.75, 3.05) is 31.5 Å². The third kappa shape index (κ3) is 3.72. The maximum atomic E-state index is 11.0. The van der Waals surface area contributed by atoms with E-state index < -0.39 is 4.92 Å². The summed E-state index contributed by atoms with van der Waals surface area (Å²) in [6, 6.07) is 2.79. The van der Waals surface area contributed by atoms with E-state index in [9.17, 15) is 10.1 Å². The second-order valence-corrected chi connectivity index (χ2v) is 5.33. The van der Waals surface area contributed by atoms with Gasteiger partial charge in [0.25, 0.3) is 5.69 Å². The van der Waals surface area contributed by atoms with Crippen LogP contribution in [-0.2, 0) is 0 Å².